The Bertz CT molecular complexity index is 1060. The first-order valence-electron chi connectivity index (χ1n) is 9.66. The highest BCUT2D eigenvalue weighted by atomic mass is 35.5. The number of carbonyl (C=O) groups is 3. The van der Waals surface area contributed by atoms with Crippen molar-refractivity contribution < 1.29 is 19.1 Å². The molecule has 1 fully saturated rings. The van der Waals surface area contributed by atoms with Crippen LogP contribution in [0.4, 0.5) is 10.5 Å². The van der Waals surface area contributed by atoms with Crippen molar-refractivity contribution >= 4 is 41.2 Å². The topological polar surface area (TPSA) is 75.7 Å². The molecule has 1 aliphatic rings. The second kappa shape index (κ2) is 8.71. The van der Waals surface area contributed by atoms with Crippen molar-refractivity contribution in [1.82, 2.24) is 5.32 Å². The number of anilines is 1. The standard InChI is InChI=1S/C23H23ClN2O4/c1-5-15(4)30-20-9-7-16(12-19(20)24)11-18-21(27)25-23(29)26(22(18)28)17-8-6-13(2)14(3)10-17/h6-12,15H,5H2,1-4H3,(H,25,27,29)/b18-11+/t15-/m0/s1. The Hall–Kier alpha value is -3.12. The molecule has 30 heavy (non-hydrogen) atoms. The number of ether oxygens (including phenoxy) is 1. The summed E-state index contributed by atoms with van der Waals surface area (Å²) < 4.78 is 5.74. The quantitative estimate of drug-likeness (QED) is 0.550. The molecule has 0 radical (unpaired) electrons. The molecule has 1 saturated heterocycles. The van der Waals surface area contributed by atoms with Gasteiger partial charge in [0.05, 0.1) is 16.8 Å². The number of nitrogens with one attached hydrogen (secondary N) is 1. The van der Waals surface area contributed by atoms with Crippen LogP contribution in [0.3, 0.4) is 0 Å². The third-order valence-electron chi connectivity index (χ3n) is 5.02. The fourth-order valence-corrected chi connectivity index (χ4v) is 3.16. The molecular weight excluding hydrogens is 404 g/mol. The molecule has 0 aromatic heterocycles. The van der Waals surface area contributed by atoms with E-state index in [2.05, 4.69) is 5.32 Å². The van der Waals surface area contributed by atoms with E-state index in [-0.39, 0.29) is 11.7 Å². The first-order valence-corrected chi connectivity index (χ1v) is 10.0. The number of urea groups is 1. The van der Waals surface area contributed by atoms with E-state index < -0.39 is 17.8 Å². The van der Waals surface area contributed by atoms with Gasteiger partial charge < -0.3 is 4.74 Å². The zero-order chi connectivity index (χ0) is 22.0. The van der Waals surface area contributed by atoms with E-state index in [0.29, 0.717) is 22.0 Å². The fourth-order valence-electron chi connectivity index (χ4n) is 2.93. The summed E-state index contributed by atoms with van der Waals surface area (Å²) in [4.78, 5) is 38.7. The summed E-state index contributed by atoms with van der Waals surface area (Å²) in [6.45, 7) is 7.77. The molecule has 7 heteroatoms. The van der Waals surface area contributed by atoms with Crippen LogP contribution in [0.25, 0.3) is 6.08 Å². The number of amides is 4. The number of imide groups is 2. The Morgan fingerprint density at radius 3 is 2.47 bits per heavy atom. The Morgan fingerprint density at radius 1 is 1.10 bits per heavy atom. The van der Waals surface area contributed by atoms with E-state index in [0.717, 1.165) is 22.4 Å². The summed E-state index contributed by atoms with van der Waals surface area (Å²) in [5.41, 5.74) is 2.75. The minimum absolute atomic E-state index is 0.00920. The summed E-state index contributed by atoms with van der Waals surface area (Å²) in [6.07, 6.45) is 2.26. The van der Waals surface area contributed by atoms with Gasteiger partial charge >= 0.3 is 6.03 Å². The average Bonchev–Trinajstić information content (AvgIpc) is 2.69. The van der Waals surface area contributed by atoms with Gasteiger partial charge in [0.1, 0.15) is 11.3 Å². The van der Waals surface area contributed by atoms with Gasteiger partial charge in [-0.2, -0.15) is 0 Å². The molecule has 1 heterocycles. The lowest BCUT2D eigenvalue weighted by Gasteiger charge is -2.26. The SMILES string of the molecule is CC[C@H](C)Oc1ccc(/C=C2\C(=O)NC(=O)N(c3ccc(C)c(C)c3)C2=O)cc1Cl. The lowest BCUT2D eigenvalue weighted by Crippen LogP contribution is -2.54. The van der Waals surface area contributed by atoms with E-state index in [1.165, 1.54) is 6.08 Å². The highest BCUT2D eigenvalue weighted by Gasteiger charge is 2.36. The second-order valence-electron chi connectivity index (χ2n) is 7.25. The number of aryl methyl sites for hydroxylation is 2. The zero-order valence-corrected chi connectivity index (χ0v) is 18.0. The van der Waals surface area contributed by atoms with Crippen molar-refractivity contribution in [1.29, 1.82) is 0 Å². The molecule has 6 nitrogen and oxygen atoms in total. The molecule has 0 bridgehead atoms. The number of halogens is 1. The van der Waals surface area contributed by atoms with Crippen LogP contribution in [0.15, 0.2) is 42.0 Å². The molecule has 1 atom stereocenters. The van der Waals surface area contributed by atoms with Crippen LogP contribution in [0.5, 0.6) is 5.75 Å². The molecule has 1 N–H and O–H groups in total. The van der Waals surface area contributed by atoms with Gasteiger partial charge in [0, 0.05) is 0 Å². The minimum Gasteiger partial charge on any atom is -0.489 e. The average molecular weight is 427 g/mol. The summed E-state index contributed by atoms with van der Waals surface area (Å²) in [6, 6.07) is 9.46. The van der Waals surface area contributed by atoms with Crippen LogP contribution in [-0.2, 0) is 9.59 Å². The highest BCUT2D eigenvalue weighted by Crippen LogP contribution is 2.29. The minimum atomic E-state index is -0.777. The van der Waals surface area contributed by atoms with Crippen molar-refractivity contribution in [2.24, 2.45) is 0 Å². The van der Waals surface area contributed by atoms with Gasteiger partial charge in [-0.05, 0) is 74.2 Å². The van der Waals surface area contributed by atoms with E-state index in [1.807, 2.05) is 33.8 Å². The predicted molar refractivity (Wildman–Crippen MR) is 117 cm³/mol. The Kier molecular flexibility index (Phi) is 6.27. The van der Waals surface area contributed by atoms with Crippen molar-refractivity contribution in [3.8, 4) is 5.75 Å². The maximum atomic E-state index is 13.0. The Labute approximate surface area is 180 Å². The predicted octanol–water partition coefficient (Wildman–Crippen LogP) is 4.80. The van der Waals surface area contributed by atoms with Crippen molar-refractivity contribution in [3.05, 3.63) is 63.7 Å². The molecule has 0 saturated carbocycles. The van der Waals surface area contributed by atoms with Crippen molar-refractivity contribution in [3.63, 3.8) is 0 Å². The number of carbonyl (C=O) groups excluding carboxylic acids is 3. The molecular formula is C23H23ClN2O4. The first-order chi connectivity index (χ1) is 14.2. The van der Waals surface area contributed by atoms with E-state index in [1.54, 1.807) is 30.3 Å². The molecule has 3 rings (SSSR count). The number of barbiturate groups is 1. The molecule has 0 aliphatic carbocycles. The normalized spacial score (nSPS) is 16.6. The summed E-state index contributed by atoms with van der Waals surface area (Å²) >= 11 is 6.30. The zero-order valence-electron chi connectivity index (χ0n) is 17.3. The van der Waals surface area contributed by atoms with Gasteiger partial charge in [0.2, 0.25) is 0 Å². The van der Waals surface area contributed by atoms with Crippen LogP contribution < -0.4 is 15.0 Å². The van der Waals surface area contributed by atoms with Crippen LogP contribution in [0.1, 0.15) is 37.0 Å². The molecule has 1 aliphatic heterocycles. The van der Waals surface area contributed by atoms with Crippen molar-refractivity contribution in [2.45, 2.75) is 40.2 Å². The molecule has 4 amide bonds. The van der Waals surface area contributed by atoms with Gasteiger partial charge in [-0.1, -0.05) is 30.7 Å². The van der Waals surface area contributed by atoms with Gasteiger partial charge in [-0.15, -0.1) is 0 Å². The Morgan fingerprint density at radius 2 is 1.83 bits per heavy atom. The second-order valence-corrected chi connectivity index (χ2v) is 7.66. The van der Waals surface area contributed by atoms with Gasteiger partial charge in [0.15, 0.2) is 0 Å². The van der Waals surface area contributed by atoms with Gasteiger partial charge in [0.25, 0.3) is 11.8 Å². The number of hydrogen-bond donors (Lipinski definition) is 1. The highest BCUT2D eigenvalue weighted by molar-refractivity contribution is 6.39. The summed E-state index contributed by atoms with van der Waals surface area (Å²) in [7, 11) is 0. The maximum Gasteiger partial charge on any atom is 0.335 e. The maximum absolute atomic E-state index is 13.0. The largest absolute Gasteiger partial charge is 0.489 e. The van der Waals surface area contributed by atoms with Crippen LogP contribution in [0.2, 0.25) is 5.02 Å². The molecule has 156 valence electrons. The fraction of sp³-hybridized carbons (Fsp3) is 0.261. The number of nitrogens with zero attached hydrogens (tertiary/aromatic N) is 1. The summed E-state index contributed by atoms with van der Waals surface area (Å²) in [5.74, 6) is -0.913. The lowest BCUT2D eigenvalue weighted by molar-refractivity contribution is -0.122. The number of hydrogen-bond acceptors (Lipinski definition) is 4. The van der Waals surface area contributed by atoms with E-state index >= 15 is 0 Å². The number of rotatable bonds is 5. The van der Waals surface area contributed by atoms with Gasteiger partial charge in [-0.25, -0.2) is 9.69 Å². The summed E-state index contributed by atoms with van der Waals surface area (Å²) in [5, 5.41) is 2.59. The monoisotopic (exact) mass is 426 g/mol. The molecule has 2 aromatic rings. The smallest absolute Gasteiger partial charge is 0.335 e. The van der Waals surface area contributed by atoms with Crippen LogP contribution >= 0.6 is 11.6 Å². The lowest BCUT2D eigenvalue weighted by atomic mass is 10.0. The third kappa shape index (κ3) is 4.39. The molecule has 0 spiro atoms. The molecule has 0 unspecified atom stereocenters. The van der Waals surface area contributed by atoms with Gasteiger partial charge in [-0.3, -0.25) is 14.9 Å². The van der Waals surface area contributed by atoms with Crippen LogP contribution in [0, 0.1) is 13.8 Å². The number of benzene rings is 2. The molecule has 2 aromatic carbocycles. The third-order valence-corrected chi connectivity index (χ3v) is 5.32. The van der Waals surface area contributed by atoms with E-state index in [9.17, 15) is 14.4 Å². The first kappa shape index (κ1) is 21.6. The van der Waals surface area contributed by atoms with Crippen molar-refractivity contribution in [2.75, 3.05) is 4.90 Å². The van der Waals surface area contributed by atoms with E-state index in [4.69, 9.17) is 16.3 Å². The van der Waals surface area contributed by atoms with Crippen LogP contribution in [-0.4, -0.2) is 23.9 Å². The Balaban J connectivity index is 1.94.